The molecule has 0 bridgehead atoms. The van der Waals surface area contributed by atoms with Gasteiger partial charge in [-0.1, -0.05) is 13.8 Å². The Kier molecular flexibility index (Phi) is 5.37. The third kappa shape index (κ3) is 3.90. The lowest BCUT2D eigenvalue weighted by Gasteiger charge is -2.35. The fraction of sp³-hybridized carbons (Fsp3) is 1.00. The Bertz CT molecular complexity index is 153. The fourth-order valence-corrected chi connectivity index (χ4v) is 1.65. The Morgan fingerprint density at radius 2 is 2.36 bits per heavy atom. The van der Waals surface area contributed by atoms with Gasteiger partial charge in [0.15, 0.2) is 0 Å². The summed E-state index contributed by atoms with van der Waals surface area (Å²) in [5.74, 6) is 0. The number of ether oxygens (including phenoxy) is 1. The van der Waals surface area contributed by atoms with Crippen LogP contribution in [0, 0.1) is 0 Å². The maximum Gasteiger partial charge on any atom is 0.102 e. The van der Waals surface area contributed by atoms with Crippen molar-refractivity contribution < 1.29 is 9.13 Å². The van der Waals surface area contributed by atoms with Gasteiger partial charge >= 0.3 is 0 Å². The Labute approximate surface area is 85.6 Å². The molecule has 0 amide bonds. The highest BCUT2D eigenvalue weighted by molar-refractivity contribution is 4.77. The second kappa shape index (κ2) is 6.32. The lowest BCUT2D eigenvalue weighted by atomic mass is 10.2. The predicted molar refractivity (Wildman–Crippen MR) is 55.3 cm³/mol. The van der Waals surface area contributed by atoms with Crippen LogP contribution in [0.15, 0.2) is 0 Å². The molecule has 0 spiro atoms. The molecule has 1 aliphatic rings. The number of nitrogens with one attached hydrogen (secondary N) is 1. The van der Waals surface area contributed by atoms with E-state index in [0.717, 1.165) is 26.3 Å². The van der Waals surface area contributed by atoms with Crippen LogP contribution in [-0.2, 0) is 4.74 Å². The summed E-state index contributed by atoms with van der Waals surface area (Å²) >= 11 is 0. The molecule has 1 saturated heterocycles. The summed E-state index contributed by atoms with van der Waals surface area (Å²) < 4.78 is 17.6. The maximum absolute atomic E-state index is 12.2. The van der Waals surface area contributed by atoms with Crippen molar-refractivity contribution in [3.63, 3.8) is 0 Å². The summed E-state index contributed by atoms with van der Waals surface area (Å²) in [5.41, 5.74) is 0. The van der Waals surface area contributed by atoms with Crippen molar-refractivity contribution in [3.05, 3.63) is 0 Å². The first-order valence-electron chi connectivity index (χ1n) is 5.35. The summed E-state index contributed by atoms with van der Waals surface area (Å²) in [4.78, 5) is 2.17. The van der Waals surface area contributed by atoms with Crippen LogP contribution in [-0.4, -0.2) is 56.5 Å². The number of halogens is 1. The Balaban J connectivity index is 2.30. The van der Waals surface area contributed by atoms with E-state index in [0.29, 0.717) is 18.6 Å². The Hall–Kier alpha value is -0.190. The first-order chi connectivity index (χ1) is 6.74. The molecule has 1 heterocycles. The van der Waals surface area contributed by atoms with Gasteiger partial charge in [0.25, 0.3) is 0 Å². The highest BCUT2D eigenvalue weighted by atomic mass is 19.1. The van der Waals surface area contributed by atoms with Gasteiger partial charge in [-0.2, -0.15) is 0 Å². The van der Waals surface area contributed by atoms with Gasteiger partial charge in [0.05, 0.1) is 13.2 Å². The minimum absolute atomic E-state index is 0.266. The number of rotatable bonds is 5. The topological polar surface area (TPSA) is 24.5 Å². The molecule has 1 fully saturated rings. The molecular formula is C10H21FN2O. The van der Waals surface area contributed by atoms with Crippen molar-refractivity contribution in [3.8, 4) is 0 Å². The minimum Gasteiger partial charge on any atom is -0.378 e. The van der Waals surface area contributed by atoms with E-state index in [4.69, 9.17) is 4.74 Å². The molecule has 0 saturated carbocycles. The fourth-order valence-electron chi connectivity index (χ4n) is 1.65. The van der Waals surface area contributed by atoms with Crippen LogP contribution in [0.25, 0.3) is 0 Å². The first-order valence-corrected chi connectivity index (χ1v) is 5.35. The van der Waals surface area contributed by atoms with Crippen LogP contribution >= 0.6 is 0 Å². The second-order valence-corrected chi connectivity index (χ2v) is 4.02. The Morgan fingerprint density at radius 1 is 1.57 bits per heavy atom. The third-order valence-corrected chi connectivity index (χ3v) is 2.48. The molecule has 14 heavy (non-hydrogen) atoms. The molecule has 1 unspecified atom stereocenters. The number of morpholine rings is 1. The van der Waals surface area contributed by atoms with Crippen LogP contribution in [0.4, 0.5) is 4.39 Å². The van der Waals surface area contributed by atoms with Gasteiger partial charge in [-0.25, -0.2) is 4.39 Å². The molecule has 0 aliphatic carbocycles. The smallest absolute Gasteiger partial charge is 0.102 e. The standard InChI is InChI=1S/C10H21FN2O/c1-9(2)12-7-10-8-14-6-5-13(10)4-3-11/h9-10,12H,3-8H2,1-2H3. The van der Waals surface area contributed by atoms with Crippen molar-refractivity contribution in [1.29, 1.82) is 0 Å². The average Bonchev–Trinajstić information content (AvgIpc) is 2.17. The molecule has 0 aromatic carbocycles. The third-order valence-electron chi connectivity index (χ3n) is 2.48. The minimum atomic E-state index is -0.266. The number of hydrogen-bond acceptors (Lipinski definition) is 3. The van der Waals surface area contributed by atoms with Crippen molar-refractivity contribution in [2.45, 2.75) is 25.9 Å². The molecular weight excluding hydrogens is 183 g/mol. The van der Waals surface area contributed by atoms with Crippen molar-refractivity contribution in [1.82, 2.24) is 10.2 Å². The first kappa shape index (κ1) is 11.9. The van der Waals surface area contributed by atoms with Crippen molar-refractivity contribution in [2.75, 3.05) is 39.5 Å². The van der Waals surface area contributed by atoms with Gasteiger partial charge in [-0.15, -0.1) is 0 Å². The largest absolute Gasteiger partial charge is 0.378 e. The van der Waals surface area contributed by atoms with E-state index in [-0.39, 0.29) is 6.67 Å². The zero-order valence-electron chi connectivity index (χ0n) is 9.13. The number of nitrogens with zero attached hydrogens (tertiary/aromatic N) is 1. The number of hydrogen-bond donors (Lipinski definition) is 1. The van der Waals surface area contributed by atoms with Gasteiger partial charge < -0.3 is 10.1 Å². The van der Waals surface area contributed by atoms with Crippen LogP contribution in [0.2, 0.25) is 0 Å². The molecule has 1 N–H and O–H groups in total. The Morgan fingerprint density at radius 3 is 3.00 bits per heavy atom. The van der Waals surface area contributed by atoms with Crippen molar-refractivity contribution in [2.24, 2.45) is 0 Å². The average molecular weight is 204 g/mol. The molecule has 1 aliphatic heterocycles. The van der Waals surface area contributed by atoms with E-state index in [1.54, 1.807) is 0 Å². The molecule has 0 aromatic rings. The van der Waals surface area contributed by atoms with Crippen LogP contribution in [0.1, 0.15) is 13.8 Å². The molecule has 0 radical (unpaired) electrons. The summed E-state index contributed by atoms with van der Waals surface area (Å²) in [6.07, 6.45) is 0. The van der Waals surface area contributed by atoms with Gasteiger partial charge in [0.1, 0.15) is 6.67 Å². The van der Waals surface area contributed by atoms with E-state index in [1.165, 1.54) is 0 Å². The summed E-state index contributed by atoms with van der Waals surface area (Å²) in [6.45, 7) is 7.70. The molecule has 3 nitrogen and oxygen atoms in total. The van der Waals surface area contributed by atoms with Gasteiger partial charge in [-0.3, -0.25) is 4.90 Å². The summed E-state index contributed by atoms with van der Waals surface area (Å²) in [5, 5.41) is 3.36. The summed E-state index contributed by atoms with van der Waals surface area (Å²) in [6, 6.07) is 0.811. The quantitative estimate of drug-likeness (QED) is 0.712. The highest BCUT2D eigenvalue weighted by Gasteiger charge is 2.22. The van der Waals surface area contributed by atoms with Crippen LogP contribution in [0.5, 0.6) is 0 Å². The molecule has 84 valence electrons. The molecule has 0 aromatic heterocycles. The number of alkyl halides is 1. The zero-order valence-corrected chi connectivity index (χ0v) is 9.13. The zero-order chi connectivity index (χ0) is 10.4. The van der Waals surface area contributed by atoms with E-state index in [9.17, 15) is 4.39 Å². The van der Waals surface area contributed by atoms with Gasteiger partial charge in [-0.05, 0) is 0 Å². The van der Waals surface area contributed by atoms with E-state index < -0.39 is 0 Å². The van der Waals surface area contributed by atoms with E-state index >= 15 is 0 Å². The van der Waals surface area contributed by atoms with E-state index in [1.807, 2.05) is 0 Å². The van der Waals surface area contributed by atoms with Gasteiger partial charge in [0, 0.05) is 31.7 Å². The summed E-state index contributed by atoms with van der Waals surface area (Å²) in [7, 11) is 0. The molecule has 1 rings (SSSR count). The monoisotopic (exact) mass is 204 g/mol. The normalized spacial score (nSPS) is 24.4. The molecule has 1 atom stereocenters. The predicted octanol–water partition coefficient (Wildman–Crippen LogP) is 0.655. The lowest BCUT2D eigenvalue weighted by molar-refractivity contribution is -0.00938. The van der Waals surface area contributed by atoms with Crippen molar-refractivity contribution >= 4 is 0 Å². The van der Waals surface area contributed by atoms with E-state index in [2.05, 4.69) is 24.1 Å². The van der Waals surface area contributed by atoms with Gasteiger partial charge in [0.2, 0.25) is 0 Å². The lowest BCUT2D eigenvalue weighted by Crippen LogP contribution is -2.51. The second-order valence-electron chi connectivity index (χ2n) is 4.02. The highest BCUT2D eigenvalue weighted by Crippen LogP contribution is 2.05. The molecule has 4 heteroatoms. The van der Waals surface area contributed by atoms with Crippen LogP contribution < -0.4 is 5.32 Å². The SMILES string of the molecule is CC(C)NCC1COCCN1CCF. The maximum atomic E-state index is 12.2. The van der Waals surface area contributed by atoms with Crippen LogP contribution in [0.3, 0.4) is 0 Å².